The molecule has 0 aliphatic carbocycles. The molecule has 0 saturated heterocycles. The first-order chi connectivity index (χ1) is 22.6. The molecule has 0 aromatic heterocycles. The Morgan fingerprint density at radius 2 is 0.809 bits per heavy atom. The van der Waals surface area contributed by atoms with Gasteiger partial charge in [-0.3, -0.25) is 0 Å². The van der Waals surface area contributed by atoms with Crippen LogP contribution in [0.15, 0.2) is 24.3 Å². The van der Waals surface area contributed by atoms with Gasteiger partial charge in [0.05, 0.1) is 30.6 Å². The van der Waals surface area contributed by atoms with Gasteiger partial charge in [0.1, 0.15) is 5.75 Å². The Kier molecular flexibility index (Phi) is 29.9. The third-order valence-electron chi connectivity index (χ3n) is 9.27. The summed E-state index contributed by atoms with van der Waals surface area (Å²) in [5.41, 5.74) is -0.209. The van der Waals surface area contributed by atoms with Crippen LogP contribution in [0.4, 0.5) is 13.2 Å². The van der Waals surface area contributed by atoms with E-state index in [1.807, 2.05) is 0 Å². The number of aromatic carboxylic acids is 1. The number of carboxylic acids is 1. The largest absolute Gasteiger partial charge is 0.573 e. The molecular formula is C40H72F3O3P. The summed E-state index contributed by atoms with van der Waals surface area (Å²) in [6, 6.07) is 3.74. The molecule has 0 aliphatic heterocycles. The van der Waals surface area contributed by atoms with E-state index >= 15 is 0 Å². The number of hydrogen-bond acceptors (Lipinski definition) is 3. The Labute approximate surface area is 288 Å². The molecule has 0 unspecified atom stereocenters. The monoisotopic (exact) mass is 689 g/mol. The highest BCUT2D eigenvalue weighted by molar-refractivity contribution is 7.75. The Morgan fingerprint density at radius 3 is 1.09 bits per heavy atom. The van der Waals surface area contributed by atoms with Crippen molar-refractivity contribution in [2.24, 2.45) is 0 Å². The van der Waals surface area contributed by atoms with Crippen LogP contribution >= 0.6 is 7.26 Å². The first-order valence-corrected chi connectivity index (χ1v) is 22.1. The molecular weight excluding hydrogens is 616 g/mol. The normalized spacial score (nSPS) is 11.7. The highest BCUT2D eigenvalue weighted by atomic mass is 31.2. The molecule has 0 N–H and O–H groups in total. The van der Waals surface area contributed by atoms with Crippen LogP contribution < -0.4 is 9.84 Å². The summed E-state index contributed by atoms with van der Waals surface area (Å²) in [6.45, 7) is 9.41. The number of halogens is 3. The van der Waals surface area contributed by atoms with Crippen LogP contribution in [0.1, 0.15) is 192 Å². The first kappa shape index (κ1) is 45.7. The van der Waals surface area contributed by atoms with Gasteiger partial charge >= 0.3 is 6.36 Å². The molecule has 3 nitrogen and oxygen atoms in total. The van der Waals surface area contributed by atoms with Crippen molar-refractivity contribution in [3.8, 4) is 5.75 Å². The predicted molar refractivity (Wildman–Crippen MR) is 197 cm³/mol. The van der Waals surface area contributed by atoms with Gasteiger partial charge < -0.3 is 14.6 Å². The lowest BCUT2D eigenvalue weighted by atomic mass is 10.1. The maximum absolute atomic E-state index is 11.6. The zero-order valence-electron chi connectivity index (χ0n) is 30.9. The number of benzene rings is 1. The minimum Gasteiger partial charge on any atom is -0.545 e. The van der Waals surface area contributed by atoms with Gasteiger partial charge in [0, 0.05) is 7.26 Å². The summed E-state index contributed by atoms with van der Waals surface area (Å²) in [5.74, 6) is -1.92. The van der Waals surface area contributed by atoms with E-state index in [2.05, 4.69) is 32.4 Å². The van der Waals surface area contributed by atoms with Crippen molar-refractivity contribution in [3.63, 3.8) is 0 Å². The van der Waals surface area contributed by atoms with Gasteiger partial charge in [0.2, 0.25) is 0 Å². The minimum atomic E-state index is -4.77. The van der Waals surface area contributed by atoms with Gasteiger partial charge in [0.25, 0.3) is 0 Å². The van der Waals surface area contributed by atoms with Crippen molar-refractivity contribution in [2.45, 2.75) is 188 Å². The third kappa shape index (κ3) is 28.3. The summed E-state index contributed by atoms with van der Waals surface area (Å²) in [5, 5.41) is 10.2. The van der Waals surface area contributed by atoms with Crippen molar-refractivity contribution in [1.82, 2.24) is 0 Å². The number of carbonyl (C=O) groups is 1. The van der Waals surface area contributed by atoms with Gasteiger partial charge in [-0.1, -0.05) is 130 Å². The highest BCUT2D eigenvalue weighted by Gasteiger charge is 2.35. The van der Waals surface area contributed by atoms with Crippen LogP contribution in [0.2, 0.25) is 0 Å². The molecule has 0 heterocycles. The fourth-order valence-corrected chi connectivity index (χ4v) is 11.3. The third-order valence-corrected chi connectivity index (χ3v) is 14.3. The van der Waals surface area contributed by atoms with Crippen LogP contribution in [0.3, 0.4) is 0 Å². The van der Waals surface area contributed by atoms with Gasteiger partial charge in [-0.25, -0.2) is 0 Å². The van der Waals surface area contributed by atoms with E-state index in [1.165, 1.54) is 128 Å². The Morgan fingerprint density at radius 1 is 0.532 bits per heavy atom. The Balaban J connectivity index is 0.00000125. The number of rotatable bonds is 30. The highest BCUT2D eigenvalue weighted by Crippen LogP contribution is 2.61. The van der Waals surface area contributed by atoms with Crippen LogP contribution in [-0.2, 0) is 0 Å². The molecule has 0 amide bonds. The number of alkyl halides is 3. The van der Waals surface area contributed by atoms with Gasteiger partial charge in [-0.15, -0.1) is 13.2 Å². The standard InChI is InChI=1S/C32H68P.C8H5F3O3/c1-5-9-13-17-18-19-20-21-22-23-24-28-32-33(29-25-14-10-6-2,30-26-15-11-7-3)31-27-16-12-8-4;9-8(10,11)14-6-3-1-5(2-4-6)7(12)13/h5-32H2,1-4H3;1-4H,(H,12,13)/q+1;/p-1. The Bertz CT molecular complexity index is 798. The van der Waals surface area contributed by atoms with E-state index < -0.39 is 25.3 Å². The predicted octanol–water partition coefficient (Wildman–Crippen LogP) is 13.4. The number of unbranched alkanes of at least 4 members (excludes halogenated alkanes) is 20. The van der Waals surface area contributed by atoms with Gasteiger partial charge in [-0.2, -0.15) is 0 Å². The summed E-state index contributed by atoms with van der Waals surface area (Å²) in [4.78, 5) is 10.2. The average Bonchev–Trinajstić information content (AvgIpc) is 3.04. The average molecular weight is 689 g/mol. The molecule has 0 atom stereocenters. The summed E-state index contributed by atoms with van der Waals surface area (Å²) >= 11 is 0. The lowest BCUT2D eigenvalue weighted by Crippen LogP contribution is -2.22. The zero-order chi connectivity index (χ0) is 35.1. The van der Waals surface area contributed by atoms with E-state index in [4.69, 9.17) is 0 Å². The van der Waals surface area contributed by atoms with Crippen LogP contribution in [0.25, 0.3) is 0 Å². The second-order valence-electron chi connectivity index (χ2n) is 13.7. The van der Waals surface area contributed by atoms with E-state index in [0.29, 0.717) is 0 Å². The molecule has 0 radical (unpaired) electrons. The maximum Gasteiger partial charge on any atom is 0.573 e. The van der Waals surface area contributed by atoms with Crippen molar-refractivity contribution >= 4 is 13.2 Å². The van der Waals surface area contributed by atoms with E-state index in [1.54, 1.807) is 50.3 Å². The van der Waals surface area contributed by atoms with Crippen LogP contribution in [-0.4, -0.2) is 37.0 Å². The molecule has 0 aliphatic rings. The summed E-state index contributed by atoms with van der Waals surface area (Å²) in [7, 11) is -0.697. The fourth-order valence-electron chi connectivity index (χ4n) is 6.37. The smallest absolute Gasteiger partial charge is 0.545 e. The summed E-state index contributed by atoms with van der Waals surface area (Å²) < 4.78 is 38.5. The van der Waals surface area contributed by atoms with Crippen molar-refractivity contribution < 1.29 is 27.8 Å². The molecule has 0 saturated carbocycles. The van der Waals surface area contributed by atoms with Crippen LogP contribution in [0.5, 0.6) is 5.75 Å². The van der Waals surface area contributed by atoms with Crippen molar-refractivity contribution in [1.29, 1.82) is 0 Å². The maximum atomic E-state index is 11.6. The summed E-state index contributed by atoms with van der Waals surface area (Å²) in [6.07, 6.45) is 37.3. The minimum absolute atomic E-state index is 0.209. The van der Waals surface area contributed by atoms with Gasteiger partial charge in [-0.05, 0) is 81.2 Å². The second kappa shape index (κ2) is 30.7. The molecule has 0 fully saturated rings. The fraction of sp³-hybridized carbons (Fsp3) is 0.825. The molecule has 276 valence electrons. The van der Waals surface area contributed by atoms with Crippen molar-refractivity contribution in [2.75, 3.05) is 24.6 Å². The van der Waals surface area contributed by atoms with Gasteiger partial charge in [0.15, 0.2) is 0 Å². The van der Waals surface area contributed by atoms with E-state index in [9.17, 15) is 23.1 Å². The molecule has 47 heavy (non-hydrogen) atoms. The quantitative estimate of drug-likeness (QED) is 0.0597. The first-order valence-electron chi connectivity index (χ1n) is 19.5. The molecule has 1 aromatic carbocycles. The lowest BCUT2D eigenvalue weighted by Gasteiger charge is -2.28. The number of carboxylic acid groups (broad SMARTS) is 1. The number of carbonyl (C=O) groups excluding carboxylic acids is 1. The lowest BCUT2D eigenvalue weighted by molar-refractivity contribution is -0.274. The molecule has 1 rings (SSSR count). The topological polar surface area (TPSA) is 49.4 Å². The number of ether oxygens (including phenoxy) is 1. The molecule has 0 bridgehead atoms. The van der Waals surface area contributed by atoms with Crippen molar-refractivity contribution in [3.05, 3.63) is 29.8 Å². The zero-order valence-corrected chi connectivity index (χ0v) is 31.8. The number of hydrogen-bond donors (Lipinski definition) is 0. The Hall–Kier alpha value is -1.29. The van der Waals surface area contributed by atoms with E-state index in [0.717, 1.165) is 24.3 Å². The van der Waals surface area contributed by atoms with Crippen LogP contribution in [0, 0.1) is 0 Å². The van der Waals surface area contributed by atoms with E-state index in [-0.39, 0.29) is 5.56 Å². The molecule has 1 aromatic rings. The molecule has 0 spiro atoms. The molecule has 7 heteroatoms. The second-order valence-corrected chi connectivity index (χ2v) is 18.1. The SMILES string of the molecule is CCCCCCCCCCCCCC[P+](CCCCCC)(CCCCCC)CCCCCC.O=C([O-])c1ccc(OC(F)(F)F)cc1.